The zero-order valence-corrected chi connectivity index (χ0v) is 20.0. The third-order valence-electron chi connectivity index (χ3n) is 6.12. The van der Waals surface area contributed by atoms with Crippen LogP contribution < -0.4 is 10.6 Å². The van der Waals surface area contributed by atoms with E-state index in [0.29, 0.717) is 40.4 Å². The van der Waals surface area contributed by atoms with Crippen molar-refractivity contribution in [3.8, 4) is 10.7 Å². The maximum absolute atomic E-state index is 13.7. The van der Waals surface area contributed by atoms with E-state index in [9.17, 15) is 23.9 Å². The number of halogens is 1. The van der Waals surface area contributed by atoms with Gasteiger partial charge in [0.25, 0.3) is 17.6 Å². The van der Waals surface area contributed by atoms with Crippen LogP contribution in [0.4, 0.5) is 10.1 Å². The van der Waals surface area contributed by atoms with Crippen molar-refractivity contribution in [1.82, 2.24) is 14.9 Å². The lowest BCUT2D eigenvalue weighted by Gasteiger charge is -2.42. The molecule has 0 aliphatic heterocycles. The topological polar surface area (TPSA) is 113 Å². The summed E-state index contributed by atoms with van der Waals surface area (Å²) in [7, 11) is 1.61. The minimum Gasteiger partial charge on any atom is -0.393 e. The van der Waals surface area contributed by atoms with Crippen LogP contribution in [0, 0.1) is 19.7 Å². The van der Waals surface area contributed by atoms with Gasteiger partial charge >= 0.3 is 0 Å². The van der Waals surface area contributed by atoms with E-state index in [2.05, 4.69) is 15.6 Å². The Morgan fingerprint density at radius 3 is 2.56 bits per heavy atom. The van der Waals surface area contributed by atoms with Crippen molar-refractivity contribution in [1.29, 1.82) is 0 Å². The number of hydrogen-bond acceptors (Lipinski definition) is 6. The fourth-order valence-corrected chi connectivity index (χ4v) is 5.18. The van der Waals surface area contributed by atoms with E-state index in [1.165, 1.54) is 34.1 Å². The number of ketones is 1. The number of benzene rings is 1. The summed E-state index contributed by atoms with van der Waals surface area (Å²) in [5.74, 6) is -2.47. The maximum Gasteiger partial charge on any atom is 0.294 e. The van der Waals surface area contributed by atoms with E-state index in [4.69, 9.17) is 0 Å². The number of nitrogens with one attached hydrogen (secondary N) is 2. The molecular formula is C24H25FN4O4S. The average molecular weight is 485 g/mol. The van der Waals surface area contributed by atoms with Crippen molar-refractivity contribution in [3.05, 3.63) is 58.0 Å². The second kappa shape index (κ2) is 8.77. The Bertz CT molecular complexity index is 1290. The largest absolute Gasteiger partial charge is 0.393 e. The quantitative estimate of drug-likeness (QED) is 0.367. The fourth-order valence-electron chi connectivity index (χ4n) is 4.46. The van der Waals surface area contributed by atoms with Gasteiger partial charge in [0.15, 0.2) is 0 Å². The smallest absolute Gasteiger partial charge is 0.294 e. The van der Waals surface area contributed by atoms with Crippen LogP contribution in [0.3, 0.4) is 0 Å². The minimum absolute atomic E-state index is 0.0756. The van der Waals surface area contributed by atoms with Crippen LogP contribution in [0.15, 0.2) is 29.8 Å². The van der Waals surface area contributed by atoms with Crippen LogP contribution in [-0.4, -0.2) is 43.9 Å². The van der Waals surface area contributed by atoms with E-state index in [-0.39, 0.29) is 17.1 Å². The van der Waals surface area contributed by atoms with Crippen LogP contribution in [0.5, 0.6) is 0 Å². The second-order valence-electron chi connectivity index (χ2n) is 8.92. The molecule has 0 atom stereocenters. The first kappa shape index (κ1) is 23.8. The molecule has 1 fully saturated rings. The van der Waals surface area contributed by atoms with E-state index < -0.39 is 29.2 Å². The Morgan fingerprint density at radius 1 is 1.26 bits per heavy atom. The SMILES string of the molecule is Cc1cc(NC(=O)c2c(C)c(C(=O)C(=O)NC3(C)CC(O)C3)n(C)c2-c2nccs2)ccc1F. The Balaban J connectivity index is 1.72. The monoisotopic (exact) mass is 484 g/mol. The molecule has 0 bridgehead atoms. The predicted molar refractivity (Wildman–Crippen MR) is 126 cm³/mol. The number of rotatable bonds is 6. The van der Waals surface area contributed by atoms with Crippen LogP contribution in [-0.2, 0) is 11.8 Å². The number of aryl methyl sites for hydroxylation is 1. The van der Waals surface area contributed by atoms with Crippen LogP contribution >= 0.6 is 11.3 Å². The van der Waals surface area contributed by atoms with Gasteiger partial charge in [-0.1, -0.05) is 0 Å². The summed E-state index contributed by atoms with van der Waals surface area (Å²) in [5.41, 5.74) is 1.16. The highest BCUT2D eigenvalue weighted by molar-refractivity contribution is 7.13. The van der Waals surface area contributed by atoms with Gasteiger partial charge in [-0.25, -0.2) is 9.37 Å². The molecule has 1 saturated carbocycles. The van der Waals surface area contributed by atoms with Crippen molar-refractivity contribution >= 4 is 34.6 Å². The van der Waals surface area contributed by atoms with Gasteiger partial charge in [0.2, 0.25) is 0 Å². The molecule has 0 saturated heterocycles. The van der Waals surface area contributed by atoms with Crippen molar-refractivity contribution in [2.75, 3.05) is 5.32 Å². The van der Waals surface area contributed by atoms with E-state index >= 15 is 0 Å². The molecule has 0 radical (unpaired) electrons. The van der Waals surface area contributed by atoms with Gasteiger partial charge < -0.3 is 20.3 Å². The van der Waals surface area contributed by atoms with Crippen molar-refractivity contribution in [2.24, 2.45) is 7.05 Å². The summed E-state index contributed by atoms with van der Waals surface area (Å²) in [6, 6.07) is 4.23. The normalized spacial score (nSPS) is 19.4. The zero-order valence-electron chi connectivity index (χ0n) is 19.2. The molecule has 1 aliphatic carbocycles. The second-order valence-corrected chi connectivity index (χ2v) is 9.81. The van der Waals surface area contributed by atoms with Gasteiger partial charge in [0, 0.05) is 29.9 Å². The first-order valence-electron chi connectivity index (χ1n) is 10.7. The molecule has 10 heteroatoms. The third kappa shape index (κ3) is 4.26. The number of carbonyl (C=O) groups is 3. The Labute approximate surface area is 199 Å². The fraction of sp³-hybridized carbons (Fsp3) is 0.333. The highest BCUT2D eigenvalue weighted by Gasteiger charge is 2.42. The molecule has 1 aromatic carbocycles. The summed E-state index contributed by atoms with van der Waals surface area (Å²) in [6.45, 7) is 4.97. The molecule has 3 N–H and O–H groups in total. The summed E-state index contributed by atoms with van der Waals surface area (Å²) < 4.78 is 15.2. The molecule has 2 amide bonds. The number of amides is 2. The van der Waals surface area contributed by atoms with Crippen molar-refractivity contribution < 1.29 is 23.9 Å². The van der Waals surface area contributed by atoms with Gasteiger partial charge in [-0.05, 0) is 62.9 Å². The number of anilines is 1. The van der Waals surface area contributed by atoms with Crippen molar-refractivity contribution in [3.63, 3.8) is 0 Å². The lowest BCUT2D eigenvalue weighted by atomic mass is 9.76. The average Bonchev–Trinajstić information content (AvgIpc) is 3.35. The number of aliphatic hydroxyl groups excluding tert-OH is 1. The van der Waals surface area contributed by atoms with Gasteiger partial charge in [-0.2, -0.15) is 0 Å². The highest BCUT2D eigenvalue weighted by atomic mass is 32.1. The minimum atomic E-state index is -0.801. The number of hydrogen-bond donors (Lipinski definition) is 3. The molecule has 0 unspecified atom stereocenters. The maximum atomic E-state index is 13.7. The molecule has 4 rings (SSSR count). The Hall–Kier alpha value is -3.37. The number of aliphatic hydroxyl groups is 1. The number of Topliss-reactive ketones (excluding diaryl/α,β-unsaturated/α-hetero) is 1. The zero-order chi connectivity index (χ0) is 24.8. The van der Waals surface area contributed by atoms with E-state index in [1.807, 2.05) is 0 Å². The molecule has 8 nitrogen and oxygen atoms in total. The first-order chi connectivity index (χ1) is 16.0. The molecule has 2 aromatic heterocycles. The number of carbonyl (C=O) groups excluding carboxylic acids is 3. The molecule has 0 spiro atoms. The lowest BCUT2D eigenvalue weighted by molar-refractivity contribution is -0.121. The number of thiazole rings is 1. The summed E-state index contributed by atoms with van der Waals surface area (Å²) in [4.78, 5) is 43.6. The standard InChI is InChI=1S/C24H25FN4O4S/c1-12-9-14(5-6-16(12)25)27-21(32)17-13(2)18(29(4)19(17)23-26-7-8-34-23)20(31)22(33)28-24(3)10-15(30)11-24/h5-9,15,30H,10-11H2,1-4H3,(H,27,32)(H,28,33). The summed E-state index contributed by atoms with van der Waals surface area (Å²) in [6.07, 6.45) is 1.82. The molecule has 3 aromatic rings. The first-order valence-corrected chi connectivity index (χ1v) is 11.6. The van der Waals surface area contributed by atoms with Crippen LogP contribution in [0.25, 0.3) is 10.7 Å². The van der Waals surface area contributed by atoms with Gasteiger partial charge in [0.05, 0.1) is 23.1 Å². The summed E-state index contributed by atoms with van der Waals surface area (Å²) in [5, 5.41) is 17.3. The van der Waals surface area contributed by atoms with Crippen LogP contribution in [0.2, 0.25) is 0 Å². The van der Waals surface area contributed by atoms with E-state index in [0.717, 1.165) is 0 Å². The Morgan fingerprint density at radius 2 is 1.97 bits per heavy atom. The third-order valence-corrected chi connectivity index (χ3v) is 6.90. The van der Waals surface area contributed by atoms with Crippen LogP contribution in [0.1, 0.15) is 51.7 Å². The van der Waals surface area contributed by atoms with Gasteiger partial charge in [-0.15, -0.1) is 11.3 Å². The van der Waals surface area contributed by atoms with E-state index in [1.54, 1.807) is 39.4 Å². The van der Waals surface area contributed by atoms with Gasteiger partial charge in [0.1, 0.15) is 10.8 Å². The number of aromatic nitrogens is 2. The van der Waals surface area contributed by atoms with Crippen molar-refractivity contribution in [2.45, 2.75) is 45.3 Å². The molecule has 178 valence electrons. The molecule has 34 heavy (non-hydrogen) atoms. The highest BCUT2D eigenvalue weighted by Crippen LogP contribution is 2.34. The van der Waals surface area contributed by atoms with Gasteiger partial charge in [-0.3, -0.25) is 14.4 Å². The Kier molecular flexibility index (Phi) is 6.13. The molecule has 2 heterocycles. The number of nitrogens with zero attached hydrogens (tertiary/aromatic N) is 2. The lowest BCUT2D eigenvalue weighted by Crippen LogP contribution is -2.58. The molecular weight excluding hydrogens is 459 g/mol. The molecule has 1 aliphatic rings. The summed E-state index contributed by atoms with van der Waals surface area (Å²) >= 11 is 1.30. The predicted octanol–water partition coefficient (Wildman–Crippen LogP) is 3.37.